The van der Waals surface area contributed by atoms with Crippen LogP contribution in [0.2, 0.25) is 0 Å². The van der Waals surface area contributed by atoms with Crippen LogP contribution < -0.4 is 5.30 Å². The molecule has 0 aromatic heterocycles. The number of hydrogen-bond acceptors (Lipinski definition) is 0. The number of benzene rings is 1. The minimum atomic E-state index is -1.48. The van der Waals surface area contributed by atoms with Crippen molar-refractivity contribution in [2.24, 2.45) is 0 Å². The van der Waals surface area contributed by atoms with Crippen molar-refractivity contribution < 1.29 is 0 Å². The van der Waals surface area contributed by atoms with E-state index >= 15 is 0 Å². The summed E-state index contributed by atoms with van der Waals surface area (Å²) in [7, 11) is 0. The Balaban J connectivity index is 1.85. The zero-order valence-corrected chi connectivity index (χ0v) is 20.7. The Morgan fingerprint density at radius 3 is 1.25 bits per heavy atom. The topological polar surface area (TPSA) is 0 Å². The van der Waals surface area contributed by atoms with Crippen LogP contribution in [-0.2, 0) is 0 Å². The molecule has 3 aliphatic carbocycles. The summed E-state index contributed by atoms with van der Waals surface area (Å²) in [5, 5.41) is 1.82. The molecule has 0 atom stereocenters. The van der Waals surface area contributed by atoms with Gasteiger partial charge in [0.05, 0.1) is 0 Å². The molecule has 0 N–H and O–H groups in total. The quantitative estimate of drug-likeness (QED) is 0.424. The van der Waals surface area contributed by atoms with Crippen LogP contribution in [0.3, 0.4) is 0 Å². The number of hydrogen-bond donors (Lipinski definition) is 0. The first kappa shape index (κ1) is 21.3. The summed E-state index contributed by atoms with van der Waals surface area (Å²) in [4.78, 5) is 0. The zero-order valence-electron chi connectivity index (χ0n) is 18.7. The van der Waals surface area contributed by atoms with Gasteiger partial charge < -0.3 is 0 Å². The van der Waals surface area contributed by atoms with Gasteiger partial charge >= 0.3 is 176 Å². The van der Waals surface area contributed by atoms with Gasteiger partial charge in [0.2, 0.25) is 0 Å². The van der Waals surface area contributed by atoms with E-state index in [9.17, 15) is 0 Å². The molecule has 1 aromatic carbocycles. The second-order valence-electron chi connectivity index (χ2n) is 10.9. The summed E-state index contributed by atoms with van der Waals surface area (Å²) in [6.07, 6.45) is 23.4. The van der Waals surface area contributed by atoms with Gasteiger partial charge in [-0.2, -0.15) is 0 Å². The Morgan fingerprint density at radius 1 is 0.536 bits per heavy atom. The molecule has 0 heterocycles. The van der Waals surface area contributed by atoms with E-state index in [1.165, 1.54) is 57.8 Å². The number of rotatable bonds is 5. The molecule has 0 spiro atoms. The summed E-state index contributed by atoms with van der Waals surface area (Å²) in [6, 6.07) is 12.1. The first-order valence-corrected chi connectivity index (χ1v) is 19.0. The summed E-state index contributed by atoms with van der Waals surface area (Å²) in [6.45, 7) is 2.83. The zero-order chi connectivity index (χ0) is 19.5. The van der Waals surface area contributed by atoms with Crippen molar-refractivity contribution in [3.8, 4) is 0 Å². The van der Waals surface area contributed by atoms with Gasteiger partial charge in [0, 0.05) is 0 Å². The van der Waals surface area contributed by atoms with Crippen molar-refractivity contribution in [2.45, 2.75) is 113 Å². The second kappa shape index (κ2) is 9.48. The van der Waals surface area contributed by atoms with Gasteiger partial charge in [-0.1, -0.05) is 0 Å². The maximum absolute atomic E-state index is 2.87. The average Bonchev–Trinajstić information content (AvgIpc) is 2.77. The monoisotopic (exact) mass is 420 g/mol. The predicted molar refractivity (Wildman–Crippen MR) is 135 cm³/mol. The fraction of sp³-hybridized carbons (Fsp3) is 0.769. The van der Waals surface area contributed by atoms with Crippen LogP contribution in [0.5, 0.6) is 0 Å². The van der Waals surface area contributed by atoms with Crippen LogP contribution in [0.1, 0.15) is 96.3 Å². The molecular formula is C26H46P2. The van der Waals surface area contributed by atoms with E-state index in [0.29, 0.717) is 0 Å². The van der Waals surface area contributed by atoms with E-state index in [0.717, 1.165) is 17.0 Å². The van der Waals surface area contributed by atoms with Crippen molar-refractivity contribution in [2.75, 3.05) is 13.3 Å². The van der Waals surface area contributed by atoms with Gasteiger partial charge in [0.15, 0.2) is 0 Å². The van der Waals surface area contributed by atoms with Crippen LogP contribution in [0, 0.1) is 0 Å². The molecular weight excluding hydrogens is 374 g/mol. The SMILES string of the molecule is C[PH](C)(c1ccccc1)[PH](C1CCCCC1)(C1CCCCC1)C1CCCCC1. The van der Waals surface area contributed by atoms with E-state index < -0.39 is 13.9 Å². The molecule has 1 aromatic rings. The maximum atomic E-state index is 2.87. The van der Waals surface area contributed by atoms with Crippen LogP contribution in [-0.4, -0.2) is 30.3 Å². The third-order valence-corrected chi connectivity index (χ3v) is 30.2. The summed E-state index contributed by atoms with van der Waals surface area (Å²) in [5.41, 5.74) is 3.44. The van der Waals surface area contributed by atoms with Crippen molar-refractivity contribution in [1.82, 2.24) is 0 Å². The minimum absolute atomic E-state index is 1.15. The Morgan fingerprint density at radius 2 is 0.893 bits per heavy atom. The van der Waals surface area contributed by atoms with Crippen molar-refractivity contribution in [3.05, 3.63) is 30.3 Å². The molecule has 0 amide bonds. The third-order valence-electron chi connectivity index (χ3n) is 9.42. The van der Waals surface area contributed by atoms with E-state index in [4.69, 9.17) is 0 Å². The van der Waals surface area contributed by atoms with Crippen molar-refractivity contribution in [1.29, 1.82) is 0 Å². The molecule has 2 heteroatoms. The van der Waals surface area contributed by atoms with E-state index in [1.807, 2.05) is 5.30 Å². The fourth-order valence-corrected chi connectivity index (χ4v) is 32.8. The molecule has 0 radical (unpaired) electrons. The van der Waals surface area contributed by atoms with E-state index in [2.05, 4.69) is 43.7 Å². The summed E-state index contributed by atoms with van der Waals surface area (Å²) >= 11 is 0. The Kier molecular flexibility index (Phi) is 7.22. The van der Waals surface area contributed by atoms with Crippen LogP contribution in [0.4, 0.5) is 0 Å². The average molecular weight is 421 g/mol. The molecule has 0 unspecified atom stereocenters. The molecule has 3 saturated carbocycles. The van der Waals surface area contributed by atoms with Crippen molar-refractivity contribution in [3.63, 3.8) is 0 Å². The first-order valence-electron chi connectivity index (χ1n) is 12.7. The summed E-state index contributed by atoms with van der Waals surface area (Å²) < 4.78 is 0. The van der Waals surface area contributed by atoms with Gasteiger partial charge in [-0.25, -0.2) is 0 Å². The van der Waals surface area contributed by atoms with Crippen LogP contribution >= 0.6 is 13.9 Å². The predicted octanol–water partition coefficient (Wildman–Crippen LogP) is 7.98. The molecule has 0 bridgehead atoms. The first-order chi connectivity index (χ1) is 13.7. The van der Waals surface area contributed by atoms with Crippen molar-refractivity contribution >= 4 is 19.2 Å². The molecule has 160 valence electrons. The Bertz CT molecular complexity index is 545. The van der Waals surface area contributed by atoms with Gasteiger partial charge in [0.25, 0.3) is 0 Å². The molecule has 0 aliphatic heterocycles. The van der Waals surface area contributed by atoms with Gasteiger partial charge in [0.1, 0.15) is 0 Å². The standard InChI is InChI=1S/C26H46P2/c1-27(2,23-15-7-3-8-16-23)28(24-17-9-4-10-18-24,25-19-11-5-12-20-25)26-21-13-6-14-22-26/h3,7-8,15-16,24-28H,4-6,9-14,17-22H2,1-2H3. The van der Waals surface area contributed by atoms with Crippen LogP contribution in [0.15, 0.2) is 30.3 Å². The van der Waals surface area contributed by atoms with E-state index in [-0.39, 0.29) is 0 Å². The fourth-order valence-electron chi connectivity index (χ4n) is 8.38. The van der Waals surface area contributed by atoms with Gasteiger partial charge in [-0.15, -0.1) is 0 Å². The van der Waals surface area contributed by atoms with Gasteiger partial charge in [-0.05, 0) is 0 Å². The van der Waals surface area contributed by atoms with E-state index in [1.54, 1.807) is 38.5 Å². The summed E-state index contributed by atoms with van der Waals surface area (Å²) in [5.74, 6) is 0. The Hall–Kier alpha value is 0.0800. The molecule has 0 saturated heterocycles. The Labute approximate surface area is 176 Å². The van der Waals surface area contributed by atoms with Gasteiger partial charge in [-0.3, -0.25) is 0 Å². The molecule has 4 rings (SSSR count). The second-order valence-corrected chi connectivity index (χ2v) is 25.4. The third kappa shape index (κ3) is 3.87. The van der Waals surface area contributed by atoms with Crippen LogP contribution in [0.25, 0.3) is 0 Å². The molecule has 28 heavy (non-hydrogen) atoms. The molecule has 3 fully saturated rings. The normalized spacial score (nSPS) is 25.5. The molecule has 0 nitrogen and oxygen atoms in total. The molecule has 3 aliphatic rings.